The van der Waals surface area contributed by atoms with Gasteiger partial charge in [0.05, 0.1) is 15.1 Å². The fourth-order valence-electron chi connectivity index (χ4n) is 4.19. The maximum Gasteiger partial charge on any atom is 0.269 e. The number of piperidine rings is 1. The molecule has 1 fully saturated rings. The highest BCUT2D eigenvalue weighted by molar-refractivity contribution is 7.89. The van der Waals surface area contributed by atoms with Crippen LogP contribution in [0.5, 0.6) is 0 Å². The van der Waals surface area contributed by atoms with Gasteiger partial charge in [-0.05, 0) is 73.6 Å². The highest BCUT2D eigenvalue weighted by Crippen LogP contribution is 2.29. The van der Waals surface area contributed by atoms with E-state index in [0.717, 1.165) is 22.2 Å². The largest absolute Gasteiger partial charge is 0.273 e. The number of sulfonamides is 1. The molecule has 4 rings (SSSR count). The van der Waals surface area contributed by atoms with Crippen molar-refractivity contribution in [2.24, 2.45) is 11.8 Å². The maximum absolute atomic E-state index is 13.0. The number of aromatic nitrogens is 1. The van der Waals surface area contributed by atoms with Crippen molar-refractivity contribution in [1.29, 1.82) is 0 Å². The topological polar surface area (TPSA) is 91.4 Å². The number of hydrogen-bond acceptors (Lipinski definition) is 6. The van der Waals surface area contributed by atoms with E-state index >= 15 is 0 Å². The van der Waals surface area contributed by atoms with Gasteiger partial charge in [-0.15, -0.1) is 0 Å². The molecule has 32 heavy (non-hydrogen) atoms. The Morgan fingerprint density at radius 1 is 1.06 bits per heavy atom. The molecule has 1 aromatic heterocycles. The Labute approximate surface area is 192 Å². The number of benzene rings is 2. The number of anilines is 1. The molecule has 1 amide bonds. The molecule has 2 atom stereocenters. The molecule has 2 heterocycles. The van der Waals surface area contributed by atoms with E-state index in [1.165, 1.54) is 41.2 Å². The van der Waals surface area contributed by atoms with Gasteiger partial charge in [-0.2, -0.15) is 4.31 Å². The average molecular weight is 473 g/mol. The van der Waals surface area contributed by atoms with Crippen molar-refractivity contribution in [2.45, 2.75) is 39.0 Å². The molecule has 0 radical (unpaired) electrons. The van der Waals surface area contributed by atoms with E-state index in [9.17, 15) is 13.2 Å². The van der Waals surface area contributed by atoms with Gasteiger partial charge in [-0.3, -0.25) is 15.6 Å². The van der Waals surface area contributed by atoms with Crippen LogP contribution in [0.15, 0.2) is 41.3 Å². The number of hydrogen-bond donors (Lipinski definition) is 2. The van der Waals surface area contributed by atoms with Gasteiger partial charge in [0.2, 0.25) is 15.2 Å². The fraction of sp³-hybridized carbons (Fsp3) is 0.391. The van der Waals surface area contributed by atoms with Crippen LogP contribution in [-0.4, -0.2) is 36.7 Å². The molecule has 9 heteroatoms. The quantitative estimate of drug-likeness (QED) is 0.539. The molecule has 7 nitrogen and oxygen atoms in total. The summed E-state index contributed by atoms with van der Waals surface area (Å²) in [6, 6.07) is 10.1. The van der Waals surface area contributed by atoms with Crippen molar-refractivity contribution < 1.29 is 13.2 Å². The molecule has 2 unspecified atom stereocenters. The van der Waals surface area contributed by atoms with Gasteiger partial charge >= 0.3 is 0 Å². The van der Waals surface area contributed by atoms with Crippen LogP contribution in [0, 0.1) is 25.7 Å². The van der Waals surface area contributed by atoms with Crippen LogP contribution in [0.4, 0.5) is 5.13 Å². The van der Waals surface area contributed by atoms with Crippen molar-refractivity contribution in [3.63, 3.8) is 0 Å². The van der Waals surface area contributed by atoms with E-state index in [1.54, 1.807) is 4.31 Å². The zero-order valence-corrected chi connectivity index (χ0v) is 20.3. The Bertz CT molecular complexity index is 1240. The van der Waals surface area contributed by atoms with Crippen molar-refractivity contribution in [3.05, 3.63) is 53.1 Å². The number of aryl methyl sites for hydroxylation is 2. The average Bonchev–Trinajstić information content (AvgIpc) is 3.18. The minimum atomic E-state index is -3.57. The first-order valence-corrected chi connectivity index (χ1v) is 12.9. The highest BCUT2D eigenvalue weighted by atomic mass is 32.2. The van der Waals surface area contributed by atoms with Crippen molar-refractivity contribution >= 4 is 42.6 Å². The third-order valence-electron chi connectivity index (χ3n) is 5.96. The normalized spacial score (nSPS) is 19.8. The predicted molar refractivity (Wildman–Crippen MR) is 128 cm³/mol. The van der Waals surface area contributed by atoms with Crippen LogP contribution in [0.1, 0.15) is 41.8 Å². The Balaban J connectivity index is 1.44. The summed E-state index contributed by atoms with van der Waals surface area (Å²) in [6.07, 6.45) is 1.03. The van der Waals surface area contributed by atoms with Crippen LogP contribution < -0.4 is 10.9 Å². The summed E-state index contributed by atoms with van der Waals surface area (Å²) >= 11 is 1.46. The smallest absolute Gasteiger partial charge is 0.269 e. The molecule has 170 valence electrons. The Kier molecular flexibility index (Phi) is 6.24. The molecule has 0 spiro atoms. The number of nitrogens with one attached hydrogen (secondary N) is 2. The number of nitrogens with zero attached hydrogens (tertiary/aromatic N) is 2. The zero-order valence-electron chi connectivity index (χ0n) is 18.7. The summed E-state index contributed by atoms with van der Waals surface area (Å²) in [5.74, 6) is 0.307. The SMILES string of the molecule is Cc1ccc2sc(NNC(=O)c3ccc(S(=O)(=O)N4CC(C)CC(C)C4)cc3)nc2c1C. The molecule has 1 aliphatic rings. The second-order valence-electron chi connectivity index (χ2n) is 8.74. The fourth-order valence-corrected chi connectivity index (χ4v) is 6.75. The van der Waals surface area contributed by atoms with E-state index in [4.69, 9.17) is 0 Å². The molecule has 3 aromatic rings. The lowest BCUT2D eigenvalue weighted by atomic mass is 9.94. The Morgan fingerprint density at radius 2 is 1.72 bits per heavy atom. The molecular weight excluding hydrogens is 444 g/mol. The minimum absolute atomic E-state index is 0.209. The molecule has 2 N–H and O–H groups in total. The lowest BCUT2D eigenvalue weighted by Crippen LogP contribution is -2.42. The Morgan fingerprint density at radius 3 is 2.38 bits per heavy atom. The van der Waals surface area contributed by atoms with Gasteiger partial charge in [0.15, 0.2) is 0 Å². The van der Waals surface area contributed by atoms with E-state index in [2.05, 4.69) is 35.7 Å². The summed E-state index contributed by atoms with van der Waals surface area (Å²) in [4.78, 5) is 17.3. The van der Waals surface area contributed by atoms with Gasteiger partial charge in [0.1, 0.15) is 0 Å². The van der Waals surface area contributed by atoms with E-state index in [-0.39, 0.29) is 10.8 Å². The third-order valence-corrected chi connectivity index (χ3v) is 8.74. The second-order valence-corrected chi connectivity index (χ2v) is 11.7. The molecule has 1 aliphatic heterocycles. The number of carbonyl (C=O) groups excluding carboxylic acids is 1. The Hall–Kier alpha value is -2.49. The molecule has 0 aliphatic carbocycles. The maximum atomic E-state index is 13.0. The minimum Gasteiger partial charge on any atom is -0.273 e. The first kappa shape index (κ1) is 22.7. The van der Waals surface area contributed by atoms with Crippen LogP contribution in [0.3, 0.4) is 0 Å². The number of fused-ring (bicyclic) bond motifs is 1. The molecule has 0 bridgehead atoms. The second kappa shape index (κ2) is 8.80. The zero-order chi connectivity index (χ0) is 23.0. The summed E-state index contributed by atoms with van der Waals surface area (Å²) < 4.78 is 28.6. The van der Waals surface area contributed by atoms with Crippen LogP contribution >= 0.6 is 11.3 Å². The highest BCUT2D eigenvalue weighted by Gasteiger charge is 2.31. The lowest BCUT2D eigenvalue weighted by Gasteiger charge is -2.34. The van der Waals surface area contributed by atoms with Crippen molar-refractivity contribution in [2.75, 3.05) is 18.5 Å². The van der Waals surface area contributed by atoms with E-state index < -0.39 is 10.0 Å². The van der Waals surface area contributed by atoms with Crippen LogP contribution in [-0.2, 0) is 10.0 Å². The number of hydrazine groups is 1. The van der Waals surface area contributed by atoms with Crippen LogP contribution in [0.25, 0.3) is 10.2 Å². The number of carbonyl (C=O) groups is 1. The first-order valence-electron chi connectivity index (χ1n) is 10.7. The van der Waals surface area contributed by atoms with Gasteiger partial charge < -0.3 is 0 Å². The number of amides is 1. The molecule has 2 aromatic carbocycles. The predicted octanol–water partition coefficient (Wildman–Crippen LogP) is 4.34. The molecular formula is C23H28N4O3S2. The lowest BCUT2D eigenvalue weighted by molar-refractivity contribution is 0.0962. The first-order chi connectivity index (χ1) is 15.1. The van der Waals surface area contributed by atoms with Gasteiger partial charge in [-0.25, -0.2) is 13.4 Å². The molecule has 0 saturated carbocycles. The number of thiazole rings is 1. The third kappa shape index (κ3) is 4.51. The van der Waals surface area contributed by atoms with Crippen LogP contribution in [0.2, 0.25) is 0 Å². The summed E-state index contributed by atoms with van der Waals surface area (Å²) in [7, 11) is -3.57. The summed E-state index contributed by atoms with van der Waals surface area (Å²) in [5, 5.41) is 0.592. The summed E-state index contributed by atoms with van der Waals surface area (Å²) in [6.45, 7) is 9.28. The number of rotatable bonds is 5. The molecule has 1 saturated heterocycles. The van der Waals surface area contributed by atoms with Gasteiger partial charge in [0, 0.05) is 18.7 Å². The van der Waals surface area contributed by atoms with Gasteiger partial charge in [0.25, 0.3) is 5.91 Å². The monoisotopic (exact) mass is 472 g/mol. The standard InChI is InChI=1S/C23H28N4O3S2/c1-14-11-15(2)13-27(12-14)32(29,30)19-8-6-18(7-9-19)22(28)25-26-23-24-21-17(4)16(3)5-10-20(21)31-23/h5-10,14-15H,11-13H2,1-4H3,(H,24,26)(H,25,28). The van der Waals surface area contributed by atoms with Crippen molar-refractivity contribution in [3.8, 4) is 0 Å². The summed E-state index contributed by atoms with van der Waals surface area (Å²) in [5.41, 5.74) is 9.08. The van der Waals surface area contributed by atoms with Crippen molar-refractivity contribution in [1.82, 2.24) is 14.7 Å². The van der Waals surface area contributed by atoms with E-state index in [0.29, 0.717) is 35.6 Å². The van der Waals surface area contributed by atoms with Gasteiger partial charge in [-0.1, -0.05) is 31.3 Å². The van der Waals surface area contributed by atoms with E-state index in [1.807, 2.05) is 19.9 Å².